The summed E-state index contributed by atoms with van der Waals surface area (Å²) in [5, 5.41) is 0. The lowest BCUT2D eigenvalue weighted by molar-refractivity contribution is -0.132. The topological polar surface area (TPSA) is 72.4 Å². The standard InChI is InChI=1S/C16H19N3O2/c17-9-4-7-15(20)19-10-8-14-13(11-19)18-16(21-14)12-5-2-1-3-6-12/h1-3,5-6H,4,7-11,17H2. The molecule has 0 bridgehead atoms. The maximum atomic E-state index is 12.1. The van der Waals surface area contributed by atoms with Gasteiger partial charge in [0.2, 0.25) is 11.8 Å². The number of carbonyl (C=O) groups excluding carboxylic acids is 1. The minimum Gasteiger partial charge on any atom is -0.441 e. The normalized spacial score (nSPS) is 14.0. The first-order valence-corrected chi connectivity index (χ1v) is 7.30. The van der Waals surface area contributed by atoms with Crippen molar-refractivity contribution in [2.24, 2.45) is 5.73 Å². The van der Waals surface area contributed by atoms with Crippen LogP contribution in [0.1, 0.15) is 24.3 Å². The molecule has 0 radical (unpaired) electrons. The molecule has 2 aromatic rings. The fourth-order valence-electron chi connectivity index (χ4n) is 2.53. The van der Waals surface area contributed by atoms with E-state index in [0.29, 0.717) is 31.9 Å². The van der Waals surface area contributed by atoms with Crippen LogP contribution >= 0.6 is 0 Å². The Morgan fingerprint density at radius 2 is 2.14 bits per heavy atom. The molecule has 0 unspecified atom stereocenters. The van der Waals surface area contributed by atoms with E-state index in [2.05, 4.69) is 4.98 Å². The van der Waals surface area contributed by atoms with Gasteiger partial charge in [0.15, 0.2) is 0 Å². The first-order chi connectivity index (χ1) is 10.3. The van der Waals surface area contributed by atoms with Crippen LogP contribution in [-0.2, 0) is 17.8 Å². The van der Waals surface area contributed by atoms with E-state index in [0.717, 1.165) is 29.9 Å². The molecular weight excluding hydrogens is 266 g/mol. The van der Waals surface area contributed by atoms with Crippen molar-refractivity contribution in [2.45, 2.75) is 25.8 Å². The third-order valence-corrected chi connectivity index (χ3v) is 3.70. The monoisotopic (exact) mass is 285 g/mol. The minimum absolute atomic E-state index is 0.148. The number of rotatable bonds is 4. The Kier molecular flexibility index (Phi) is 4.01. The summed E-state index contributed by atoms with van der Waals surface area (Å²) in [6.07, 6.45) is 1.97. The summed E-state index contributed by atoms with van der Waals surface area (Å²) in [4.78, 5) is 18.4. The predicted molar refractivity (Wildman–Crippen MR) is 79.3 cm³/mol. The van der Waals surface area contributed by atoms with Gasteiger partial charge in [-0.1, -0.05) is 18.2 Å². The Morgan fingerprint density at radius 3 is 2.90 bits per heavy atom. The van der Waals surface area contributed by atoms with Gasteiger partial charge in [-0.2, -0.15) is 0 Å². The lowest BCUT2D eigenvalue weighted by atomic mass is 10.1. The average Bonchev–Trinajstić information content (AvgIpc) is 2.96. The van der Waals surface area contributed by atoms with E-state index in [1.165, 1.54) is 0 Å². The molecule has 1 aliphatic heterocycles. The minimum atomic E-state index is 0.148. The van der Waals surface area contributed by atoms with Crippen molar-refractivity contribution in [1.29, 1.82) is 0 Å². The molecule has 0 aliphatic carbocycles. The maximum absolute atomic E-state index is 12.1. The van der Waals surface area contributed by atoms with Crippen LogP contribution in [0.25, 0.3) is 11.5 Å². The van der Waals surface area contributed by atoms with Gasteiger partial charge in [-0.25, -0.2) is 4.98 Å². The van der Waals surface area contributed by atoms with Crippen molar-refractivity contribution < 1.29 is 9.21 Å². The number of fused-ring (bicyclic) bond motifs is 1. The van der Waals surface area contributed by atoms with E-state index in [-0.39, 0.29) is 5.91 Å². The molecule has 5 heteroatoms. The Balaban J connectivity index is 1.75. The summed E-state index contributed by atoms with van der Waals surface area (Å²) >= 11 is 0. The quantitative estimate of drug-likeness (QED) is 0.932. The van der Waals surface area contributed by atoms with E-state index in [4.69, 9.17) is 10.2 Å². The highest BCUT2D eigenvalue weighted by Gasteiger charge is 2.25. The second-order valence-electron chi connectivity index (χ2n) is 5.21. The molecule has 2 N–H and O–H groups in total. The molecule has 0 saturated carbocycles. The predicted octanol–water partition coefficient (Wildman–Crippen LogP) is 1.97. The first-order valence-electron chi connectivity index (χ1n) is 7.30. The molecule has 5 nitrogen and oxygen atoms in total. The molecule has 0 saturated heterocycles. The second-order valence-corrected chi connectivity index (χ2v) is 5.21. The van der Waals surface area contributed by atoms with E-state index < -0.39 is 0 Å². The lowest BCUT2D eigenvalue weighted by Gasteiger charge is -2.25. The zero-order valence-electron chi connectivity index (χ0n) is 11.9. The number of nitrogens with two attached hydrogens (primary N) is 1. The molecule has 0 atom stereocenters. The van der Waals surface area contributed by atoms with E-state index >= 15 is 0 Å². The van der Waals surface area contributed by atoms with Gasteiger partial charge < -0.3 is 15.1 Å². The molecule has 110 valence electrons. The molecular formula is C16H19N3O2. The highest BCUT2D eigenvalue weighted by molar-refractivity contribution is 5.76. The molecule has 3 rings (SSSR count). The first kappa shape index (κ1) is 13.8. The van der Waals surface area contributed by atoms with E-state index in [1.54, 1.807) is 0 Å². The summed E-state index contributed by atoms with van der Waals surface area (Å²) in [5.41, 5.74) is 7.29. The fourth-order valence-corrected chi connectivity index (χ4v) is 2.53. The molecule has 2 heterocycles. The summed E-state index contributed by atoms with van der Waals surface area (Å²) in [6.45, 7) is 1.78. The highest BCUT2D eigenvalue weighted by Crippen LogP contribution is 2.26. The van der Waals surface area contributed by atoms with Crippen molar-refractivity contribution in [1.82, 2.24) is 9.88 Å². The van der Waals surface area contributed by atoms with Crippen LogP contribution in [0.5, 0.6) is 0 Å². The SMILES string of the molecule is NCCCC(=O)N1CCc2oc(-c3ccccc3)nc2C1. The van der Waals surface area contributed by atoms with E-state index in [1.807, 2.05) is 35.2 Å². The molecule has 0 fully saturated rings. The number of nitrogens with zero attached hydrogens (tertiary/aromatic N) is 2. The third kappa shape index (κ3) is 2.97. The van der Waals surface area contributed by atoms with Crippen molar-refractivity contribution >= 4 is 5.91 Å². The van der Waals surface area contributed by atoms with Gasteiger partial charge in [0.1, 0.15) is 11.5 Å². The van der Waals surface area contributed by atoms with Crippen LogP contribution in [0.3, 0.4) is 0 Å². The van der Waals surface area contributed by atoms with Crippen LogP contribution in [0, 0.1) is 0 Å². The number of hydrogen-bond donors (Lipinski definition) is 1. The van der Waals surface area contributed by atoms with Crippen LogP contribution in [0.4, 0.5) is 0 Å². The van der Waals surface area contributed by atoms with Crippen LogP contribution in [-0.4, -0.2) is 28.9 Å². The maximum Gasteiger partial charge on any atom is 0.226 e. The number of benzene rings is 1. The van der Waals surface area contributed by atoms with Gasteiger partial charge in [-0.05, 0) is 25.1 Å². The van der Waals surface area contributed by atoms with E-state index in [9.17, 15) is 4.79 Å². The highest BCUT2D eigenvalue weighted by atomic mass is 16.4. The van der Waals surface area contributed by atoms with Gasteiger partial charge in [0.05, 0.1) is 6.54 Å². The summed E-state index contributed by atoms with van der Waals surface area (Å²) < 4.78 is 5.83. The van der Waals surface area contributed by atoms with Gasteiger partial charge in [-0.15, -0.1) is 0 Å². The smallest absolute Gasteiger partial charge is 0.226 e. The second kappa shape index (κ2) is 6.10. The summed E-state index contributed by atoms with van der Waals surface area (Å²) in [7, 11) is 0. The molecule has 1 aromatic heterocycles. The lowest BCUT2D eigenvalue weighted by Crippen LogP contribution is -2.35. The van der Waals surface area contributed by atoms with Crippen LogP contribution < -0.4 is 5.73 Å². The zero-order valence-corrected chi connectivity index (χ0v) is 11.9. The van der Waals surface area contributed by atoms with Gasteiger partial charge in [0.25, 0.3) is 0 Å². The van der Waals surface area contributed by atoms with Crippen molar-refractivity contribution in [3.8, 4) is 11.5 Å². The Hall–Kier alpha value is -2.14. The van der Waals surface area contributed by atoms with Gasteiger partial charge in [0, 0.05) is 24.9 Å². The molecule has 1 amide bonds. The molecule has 1 aromatic carbocycles. The average molecular weight is 285 g/mol. The van der Waals surface area contributed by atoms with Crippen molar-refractivity contribution in [3.63, 3.8) is 0 Å². The van der Waals surface area contributed by atoms with Crippen molar-refractivity contribution in [3.05, 3.63) is 41.8 Å². The fraction of sp³-hybridized carbons (Fsp3) is 0.375. The third-order valence-electron chi connectivity index (χ3n) is 3.70. The zero-order chi connectivity index (χ0) is 14.7. The molecule has 21 heavy (non-hydrogen) atoms. The summed E-state index contributed by atoms with van der Waals surface area (Å²) in [5.74, 6) is 1.68. The Morgan fingerprint density at radius 1 is 1.33 bits per heavy atom. The number of carbonyl (C=O) groups is 1. The van der Waals surface area contributed by atoms with Crippen molar-refractivity contribution in [2.75, 3.05) is 13.1 Å². The number of amides is 1. The molecule has 0 spiro atoms. The largest absolute Gasteiger partial charge is 0.441 e. The number of hydrogen-bond acceptors (Lipinski definition) is 4. The van der Waals surface area contributed by atoms with Gasteiger partial charge >= 0.3 is 0 Å². The van der Waals surface area contributed by atoms with Gasteiger partial charge in [-0.3, -0.25) is 4.79 Å². The number of oxazole rings is 1. The Labute approximate surface area is 123 Å². The summed E-state index contributed by atoms with van der Waals surface area (Å²) in [6, 6.07) is 9.83. The molecule has 1 aliphatic rings. The Bertz CT molecular complexity index is 622. The van der Waals surface area contributed by atoms with Crippen LogP contribution in [0.15, 0.2) is 34.7 Å². The number of aromatic nitrogens is 1. The van der Waals surface area contributed by atoms with Crippen LogP contribution in [0.2, 0.25) is 0 Å².